The molecule has 2 N–H and O–H groups in total. The highest BCUT2D eigenvalue weighted by Crippen LogP contribution is 2.18. The summed E-state index contributed by atoms with van der Waals surface area (Å²) in [6.45, 7) is 5.91. The molecule has 1 atom stereocenters. The SMILES string of the molecule is CN(C)CCCN1CCCC(CCN)C1. The van der Waals surface area contributed by atoms with Gasteiger partial charge < -0.3 is 15.5 Å². The van der Waals surface area contributed by atoms with Gasteiger partial charge in [-0.25, -0.2) is 0 Å². The van der Waals surface area contributed by atoms with Crippen molar-refractivity contribution in [3.63, 3.8) is 0 Å². The largest absolute Gasteiger partial charge is 0.330 e. The van der Waals surface area contributed by atoms with E-state index in [0.717, 1.165) is 12.5 Å². The Morgan fingerprint density at radius 1 is 1.40 bits per heavy atom. The van der Waals surface area contributed by atoms with Crippen molar-refractivity contribution in [3.8, 4) is 0 Å². The summed E-state index contributed by atoms with van der Waals surface area (Å²) >= 11 is 0. The molecule has 1 heterocycles. The molecule has 1 aliphatic heterocycles. The third-order valence-corrected chi connectivity index (χ3v) is 3.26. The minimum absolute atomic E-state index is 0.857. The molecule has 0 saturated carbocycles. The number of rotatable bonds is 6. The first-order chi connectivity index (χ1) is 7.22. The van der Waals surface area contributed by atoms with E-state index < -0.39 is 0 Å². The highest BCUT2D eigenvalue weighted by molar-refractivity contribution is 4.73. The van der Waals surface area contributed by atoms with E-state index in [-0.39, 0.29) is 0 Å². The fourth-order valence-corrected chi connectivity index (χ4v) is 2.44. The van der Waals surface area contributed by atoms with Gasteiger partial charge in [0.1, 0.15) is 0 Å². The quantitative estimate of drug-likeness (QED) is 0.714. The van der Waals surface area contributed by atoms with Crippen LogP contribution in [0.1, 0.15) is 25.7 Å². The van der Waals surface area contributed by atoms with E-state index in [4.69, 9.17) is 5.73 Å². The Morgan fingerprint density at radius 3 is 2.87 bits per heavy atom. The Labute approximate surface area is 94.6 Å². The summed E-state index contributed by atoms with van der Waals surface area (Å²) in [5, 5.41) is 0. The summed E-state index contributed by atoms with van der Waals surface area (Å²) < 4.78 is 0. The molecule has 1 fully saturated rings. The molecule has 0 aromatic rings. The van der Waals surface area contributed by atoms with E-state index in [2.05, 4.69) is 23.9 Å². The van der Waals surface area contributed by atoms with Crippen molar-refractivity contribution in [3.05, 3.63) is 0 Å². The molecule has 3 nitrogen and oxygen atoms in total. The smallest absolute Gasteiger partial charge is 0.00101 e. The molecule has 1 rings (SSSR count). The monoisotopic (exact) mass is 213 g/mol. The highest BCUT2D eigenvalue weighted by Gasteiger charge is 2.18. The van der Waals surface area contributed by atoms with Gasteiger partial charge in [0, 0.05) is 6.54 Å². The zero-order valence-corrected chi connectivity index (χ0v) is 10.4. The standard InChI is InChI=1S/C12H27N3/c1-14(2)8-4-10-15-9-3-5-12(11-15)6-7-13/h12H,3-11,13H2,1-2H3. The average Bonchev–Trinajstić information content (AvgIpc) is 2.18. The van der Waals surface area contributed by atoms with Gasteiger partial charge in [-0.3, -0.25) is 0 Å². The van der Waals surface area contributed by atoms with Crippen molar-refractivity contribution in [2.45, 2.75) is 25.7 Å². The lowest BCUT2D eigenvalue weighted by Crippen LogP contribution is -2.37. The zero-order chi connectivity index (χ0) is 11.1. The Balaban J connectivity index is 2.12. The molecular formula is C12H27N3. The maximum Gasteiger partial charge on any atom is 0.00101 e. The maximum atomic E-state index is 5.62. The van der Waals surface area contributed by atoms with E-state index in [1.807, 2.05) is 0 Å². The second kappa shape index (κ2) is 7.20. The Bertz CT molecular complexity index is 157. The lowest BCUT2D eigenvalue weighted by atomic mass is 9.95. The Kier molecular flexibility index (Phi) is 6.22. The first kappa shape index (κ1) is 12.9. The van der Waals surface area contributed by atoms with Gasteiger partial charge in [0.05, 0.1) is 0 Å². The maximum absolute atomic E-state index is 5.62. The van der Waals surface area contributed by atoms with Crippen LogP contribution in [0, 0.1) is 5.92 Å². The third kappa shape index (κ3) is 5.50. The number of piperidine rings is 1. The molecule has 0 aromatic heterocycles. The van der Waals surface area contributed by atoms with E-state index in [1.165, 1.54) is 51.9 Å². The number of likely N-dealkylation sites (tertiary alicyclic amines) is 1. The number of nitrogens with two attached hydrogens (primary N) is 1. The van der Waals surface area contributed by atoms with Crippen molar-refractivity contribution >= 4 is 0 Å². The first-order valence-corrected chi connectivity index (χ1v) is 6.29. The molecule has 0 amide bonds. The Morgan fingerprint density at radius 2 is 2.20 bits per heavy atom. The summed E-state index contributed by atoms with van der Waals surface area (Å²) in [7, 11) is 4.29. The summed E-state index contributed by atoms with van der Waals surface area (Å²) in [6.07, 6.45) is 5.26. The molecule has 1 unspecified atom stereocenters. The van der Waals surface area contributed by atoms with E-state index in [1.54, 1.807) is 0 Å². The van der Waals surface area contributed by atoms with Gasteiger partial charge in [0.25, 0.3) is 0 Å². The van der Waals surface area contributed by atoms with Gasteiger partial charge in [-0.2, -0.15) is 0 Å². The van der Waals surface area contributed by atoms with Gasteiger partial charge in [0.2, 0.25) is 0 Å². The highest BCUT2D eigenvalue weighted by atomic mass is 15.1. The van der Waals surface area contributed by atoms with Gasteiger partial charge in [-0.1, -0.05) is 0 Å². The van der Waals surface area contributed by atoms with Crippen LogP contribution in [0.3, 0.4) is 0 Å². The van der Waals surface area contributed by atoms with Crippen LogP contribution in [0.2, 0.25) is 0 Å². The van der Waals surface area contributed by atoms with Crippen LogP contribution in [0.15, 0.2) is 0 Å². The van der Waals surface area contributed by atoms with Gasteiger partial charge in [-0.15, -0.1) is 0 Å². The fourth-order valence-electron chi connectivity index (χ4n) is 2.44. The van der Waals surface area contributed by atoms with Crippen LogP contribution in [0.25, 0.3) is 0 Å². The summed E-state index contributed by atoms with van der Waals surface area (Å²) in [5.74, 6) is 0.864. The topological polar surface area (TPSA) is 32.5 Å². The van der Waals surface area contributed by atoms with Crippen LogP contribution >= 0.6 is 0 Å². The van der Waals surface area contributed by atoms with Crippen LogP contribution in [0.4, 0.5) is 0 Å². The molecule has 1 saturated heterocycles. The average molecular weight is 213 g/mol. The van der Waals surface area contributed by atoms with Crippen molar-refractivity contribution in [1.82, 2.24) is 9.80 Å². The summed E-state index contributed by atoms with van der Waals surface area (Å²) in [6, 6.07) is 0. The van der Waals surface area contributed by atoms with E-state index in [0.29, 0.717) is 0 Å². The van der Waals surface area contributed by atoms with Crippen LogP contribution < -0.4 is 5.73 Å². The van der Waals surface area contributed by atoms with Crippen molar-refractivity contribution < 1.29 is 0 Å². The molecular weight excluding hydrogens is 186 g/mol. The van der Waals surface area contributed by atoms with Crippen LogP contribution in [0.5, 0.6) is 0 Å². The van der Waals surface area contributed by atoms with Crippen molar-refractivity contribution in [2.75, 3.05) is 46.8 Å². The lowest BCUT2D eigenvalue weighted by molar-refractivity contribution is 0.164. The first-order valence-electron chi connectivity index (χ1n) is 6.29. The van der Waals surface area contributed by atoms with Gasteiger partial charge >= 0.3 is 0 Å². The minimum atomic E-state index is 0.857. The minimum Gasteiger partial charge on any atom is -0.330 e. The molecule has 0 aromatic carbocycles. The van der Waals surface area contributed by atoms with E-state index >= 15 is 0 Å². The number of hydrogen-bond acceptors (Lipinski definition) is 3. The third-order valence-electron chi connectivity index (χ3n) is 3.26. The predicted molar refractivity (Wildman–Crippen MR) is 66.0 cm³/mol. The van der Waals surface area contributed by atoms with Crippen LogP contribution in [-0.4, -0.2) is 56.6 Å². The molecule has 1 aliphatic rings. The normalized spacial score (nSPS) is 23.6. The van der Waals surface area contributed by atoms with Crippen LogP contribution in [-0.2, 0) is 0 Å². The summed E-state index contributed by atoms with van der Waals surface area (Å²) in [4.78, 5) is 4.88. The second-order valence-electron chi connectivity index (χ2n) is 5.04. The number of nitrogens with zero attached hydrogens (tertiary/aromatic N) is 2. The molecule has 0 radical (unpaired) electrons. The molecule has 0 spiro atoms. The fraction of sp³-hybridized carbons (Fsp3) is 1.00. The van der Waals surface area contributed by atoms with E-state index in [9.17, 15) is 0 Å². The zero-order valence-electron chi connectivity index (χ0n) is 10.4. The number of hydrogen-bond donors (Lipinski definition) is 1. The van der Waals surface area contributed by atoms with Gasteiger partial charge in [-0.05, 0) is 71.9 Å². The molecule has 0 aliphatic carbocycles. The van der Waals surface area contributed by atoms with Crippen molar-refractivity contribution in [2.24, 2.45) is 11.7 Å². The second-order valence-corrected chi connectivity index (χ2v) is 5.04. The predicted octanol–water partition coefficient (Wildman–Crippen LogP) is 0.999. The van der Waals surface area contributed by atoms with Crippen molar-refractivity contribution in [1.29, 1.82) is 0 Å². The molecule has 0 bridgehead atoms. The van der Waals surface area contributed by atoms with Gasteiger partial charge in [0.15, 0.2) is 0 Å². The molecule has 90 valence electrons. The lowest BCUT2D eigenvalue weighted by Gasteiger charge is -2.32. The summed E-state index contributed by atoms with van der Waals surface area (Å²) in [5.41, 5.74) is 5.62. The molecule has 3 heteroatoms. The Hall–Kier alpha value is -0.120. The molecule has 15 heavy (non-hydrogen) atoms.